The van der Waals surface area contributed by atoms with Crippen molar-refractivity contribution in [3.63, 3.8) is 0 Å². The molecule has 1 amide bonds. The zero-order valence-corrected chi connectivity index (χ0v) is 14.4. The van der Waals surface area contributed by atoms with Gasteiger partial charge in [0.15, 0.2) is 0 Å². The van der Waals surface area contributed by atoms with Crippen LogP contribution in [0.4, 0.5) is 0 Å². The molecule has 2 fully saturated rings. The maximum Gasteiger partial charge on any atom is 0.248 e. The van der Waals surface area contributed by atoms with Crippen LogP contribution in [0.3, 0.4) is 0 Å². The SMILES string of the molecule is Cl.NC(=O)c1ccc(S(=O)(=O)N2CC3CCCC(N)C3C2)cc1. The molecule has 6 nitrogen and oxygen atoms in total. The Hall–Kier alpha value is -1.15. The van der Waals surface area contributed by atoms with Crippen molar-refractivity contribution in [2.75, 3.05) is 13.1 Å². The molecule has 0 spiro atoms. The van der Waals surface area contributed by atoms with E-state index >= 15 is 0 Å². The summed E-state index contributed by atoms with van der Waals surface area (Å²) in [5, 5.41) is 0. The predicted molar refractivity (Wildman–Crippen MR) is 89.8 cm³/mol. The van der Waals surface area contributed by atoms with Crippen LogP contribution in [0.25, 0.3) is 0 Å². The van der Waals surface area contributed by atoms with Crippen molar-refractivity contribution in [1.29, 1.82) is 0 Å². The van der Waals surface area contributed by atoms with Gasteiger partial charge < -0.3 is 11.5 Å². The molecule has 1 saturated heterocycles. The van der Waals surface area contributed by atoms with Gasteiger partial charge in [0.25, 0.3) is 0 Å². The van der Waals surface area contributed by atoms with E-state index in [9.17, 15) is 13.2 Å². The molecule has 1 aromatic rings. The normalized spacial score (nSPS) is 28.0. The van der Waals surface area contributed by atoms with Gasteiger partial charge in [0.05, 0.1) is 4.90 Å². The fourth-order valence-electron chi connectivity index (χ4n) is 3.61. The van der Waals surface area contributed by atoms with E-state index in [1.807, 2.05) is 0 Å². The largest absolute Gasteiger partial charge is 0.366 e. The third kappa shape index (κ3) is 3.38. The Morgan fingerprint density at radius 3 is 2.35 bits per heavy atom. The van der Waals surface area contributed by atoms with Crippen molar-refractivity contribution in [2.45, 2.75) is 30.2 Å². The topological polar surface area (TPSA) is 106 Å². The molecule has 128 valence electrons. The third-order valence-corrected chi connectivity index (χ3v) is 6.74. The average molecular weight is 360 g/mol. The van der Waals surface area contributed by atoms with Crippen LogP contribution in [-0.2, 0) is 10.0 Å². The Kier molecular flexibility index (Phi) is 5.35. The monoisotopic (exact) mass is 359 g/mol. The molecular formula is C15H22ClN3O3S. The van der Waals surface area contributed by atoms with Gasteiger partial charge in [0, 0.05) is 24.7 Å². The Morgan fingerprint density at radius 2 is 1.78 bits per heavy atom. The van der Waals surface area contributed by atoms with Gasteiger partial charge in [-0.05, 0) is 48.9 Å². The number of fused-ring (bicyclic) bond motifs is 1. The number of hydrogen-bond donors (Lipinski definition) is 2. The van der Waals surface area contributed by atoms with Gasteiger partial charge in [-0.3, -0.25) is 4.79 Å². The molecule has 3 rings (SSSR count). The molecule has 8 heteroatoms. The Labute approximate surface area is 142 Å². The number of halogens is 1. The summed E-state index contributed by atoms with van der Waals surface area (Å²) in [5.41, 5.74) is 11.6. The lowest BCUT2D eigenvalue weighted by molar-refractivity contribution is 0.1000. The molecule has 1 heterocycles. The highest BCUT2D eigenvalue weighted by Gasteiger charge is 2.43. The quantitative estimate of drug-likeness (QED) is 0.837. The van der Waals surface area contributed by atoms with Crippen LogP contribution in [0.5, 0.6) is 0 Å². The highest BCUT2D eigenvalue weighted by atomic mass is 35.5. The van der Waals surface area contributed by atoms with Crippen LogP contribution in [0.15, 0.2) is 29.2 Å². The molecule has 3 atom stereocenters. The molecule has 1 aromatic carbocycles. The maximum atomic E-state index is 12.7. The van der Waals surface area contributed by atoms with E-state index in [0.717, 1.165) is 19.3 Å². The van der Waals surface area contributed by atoms with Gasteiger partial charge in [0.1, 0.15) is 0 Å². The summed E-state index contributed by atoms with van der Waals surface area (Å²) in [5.74, 6) is 0.0546. The lowest BCUT2D eigenvalue weighted by Gasteiger charge is -2.29. The van der Waals surface area contributed by atoms with Crippen LogP contribution in [0.1, 0.15) is 29.6 Å². The van der Waals surface area contributed by atoms with Crippen molar-refractivity contribution in [2.24, 2.45) is 23.3 Å². The number of nitrogens with two attached hydrogens (primary N) is 2. The molecule has 23 heavy (non-hydrogen) atoms. The first-order chi connectivity index (χ1) is 10.4. The zero-order valence-electron chi connectivity index (χ0n) is 12.7. The van der Waals surface area contributed by atoms with E-state index in [4.69, 9.17) is 11.5 Å². The summed E-state index contributed by atoms with van der Waals surface area (Å²) >= 11 is 0. The first kappa shape index (κ1) is 18.2. The number of amides is 1. The van der Waals surface area contributed by atoms with Crippen LogP contribution in [0.2, 0.25) is 0 Å². The first-order valence-electron chi connectivity index (χ1n) is 7.55. The van der Waals surface area contributed by atoms with E-state index < -0.39 is 15.9 Å². The highest BCUT2D eigenvalue weighted by molar-refractivity contribution is 7.89. The Morgan fingerprint density at radius 1 is 1.13 bits per heavy atom. The standard InChI is InChI=1S/C15H21N3O3S.ClH/c16-14-3-1-2-11-8-18(9-13(11)14)22(20,21)12-6-4-10(5-7-12)15(17)19;/h4-7,11,13-14H,1-3,8-9,16H2,(H2,17,19);1H. The van der Waals surface area contributed by atoms with E-state index in [0.29, 0.717) is 24.6 Å². The van der Waals surface area contributed by atoms with E-state index in [1.165, 1.54) is 28.6 Å². The first-order valence-corrected chi connectivity index (χ1v) is 8.99. The second-order valence-corrected chi connectivity index (χ2v) is 8.17. The number of sulfonamides is 1. The van der Waals surface area contributed by atoms with Gasteiger partial charge in [0.2, 0.25) is 15.9 Å². The van der Waals surface area contributed by atoms with Crippen molar-refractivity contribution in [3.05, 3.63) is 29.8 Å². The summed E-state index contributed by atoms with van der Waals surface area (Å²) < 4.78 is 27.0. The zero-order chi connectivity index (χ0) is 15.9. The summed E-state index contributed by atoms with van der Waals surface area (Å²) in [6, 6.07) is 5.87. The minimum atomic E-state index is -3.54. The fourth-order valence-corrected chi connectivity index (χ4v) is 5.15. The molecule has 0 radical (unpaired) electrons. The summed E-state index contributed by atoms with van der Waals surface area (Å²) in [6.07, 6.45) is 3.09. The molecule has 3 unspecified atom stereocenters. The van der Waals surface area contributed by atoms with Crippen LogP contribution >= 0.6 is 12.4 Å². The van der Waals surface area contributed by atoms with E-state index in [1.54, 1.807) is 0 Å². The van der Waals surface area contributed by atoms with Gasteiger partial charge in [-0.1, -0.05) is 6.42 Å². The lowest BCUT2D eigenvalue weighted by atomic mass is 9.78. The molecule has 0 bridgehead atoms. The average Bonchev–Trinajstić information content (AvgIpc) is 2.94. The minimum absolute atomic E-state index is 0. The molecule has 1 aliphatic heterocycles. The van der Waals surface area contributed by atoms with Crippen LogP contribution in [-0.4, -0.2) is 37.8 Å². The third-order valence-electron chi connectivity index (χ3n) is 4.90. The fraction of sp³-hybridized carbons (Fsp3) is 0.533. The second kappa shape index (κ2) is 6.76. The number of carbonyl (C=O) groups excluding carboxylic acids is 1. The molecular weight excluding hydrogens is 338 g/mol. The smallest absolute Gasteiger partial charge is 0.248 e. The number of hydrogen-bond acceptors (Lipinski definition) is 4. The van der Waals surface area contributed by atoms with Crippen molar-refractivity contribution >= 4 is 28.3 Å². The second-order valence-electron chi connectivity index (χ2n) is 6.23. The number of primary amides is 1. The molecule has 0 aromatic heterocycles. The predicted octanol–water partition coefficient (Wildman–Crippen LogP) is 0.955. The van der Waals surface area contributed by atoms with Crippen molar-refractivity contribution in [3.8, 4) is 0 Å². The summed E-state index contributed by atoms with van der Waals surface area (Å²) in [6.45, 7) is 1.03. The molecule has 4 N–H and O–H groups in total. The maximum absolute atomic E-state index is 12.7. The molecule has 2 aliphatic rings. The van der Waals surface area contributed by atoms with Crippen molar-refractivity contribution < 1.29 is 13.2 Å². The summed E-state index contributed by atoms with van der Waals surface area (Å²) in [4.78, 5) is 11.3. The molecule has 1 saturated carbocycles. The van der Waals surface area contributed by atoms with Crippen LogP contribution in [0, 0.1) is 11.8 Å². The van der Waals surface area contributed by atoms with E-state index in [-0.39, 0.29) is 29.3 Å². The van der Waals surface area contributed by atoms with Crippen LogP contribution < -0.4 is 11.5 Å². The van der Waals surface area contributed by atoms with Gasteiger partial charge in [-0.25, -0.2) is 8.42 Å². The Balaban J connectivity index is 0.00000192. The Bertz CT molecular complexity index is 678. The van der Waals surface area contributed by atoms with Gasteiger partial charge >= 0.3 is 0 Å². The van der Waals surface area contributed by atoms with E-state index in [2.05, 4.69) is 0 Å². The lowest BCUT2D eigenvalue weighted by Crippen LogP contribution is -2.38. The number of nitrogens with zero attached hydrogens (tertiary/aromatic N) is 1. The number of carbonyl (C=O) groups is 1. The highest BCUT2D eigenvalue weighted by Crippen LogP contribution is 2.37. The van der Waals surface area contributed by atoms with Gasteiger partial charge in [-0.2, -0.15) is 4.31 Å². The molecule has 1 aliphatic carbocycles. The summed E-state index contributed by atoms with van der Waals surface area (Å²) in [7, 11) is -3.54. The number of benzene rings is 1. The minimum Gasteiger partial charge on any atom is -0.366 e. The van der Waals surface area contributed by atoms with Gasteiger partial charge in [-0.15, -0.1) is 12.4 Å². The number of rotatable bonds is 3. The van der Waals surface area contributed by atoms with Crippen molar-refractivity contribution in [1.82, 2.24) is 4.31 Å².